The van der Waals surface area contributed by atoms with E-state index >= 15 is 0 Å². The zero-order valence-corrected chi connectivity index (χ0v) is 15.2. The van der Waals surface area contributed by atoms with E-state index in [0.717, 1.165) is 0 Å². The molecule has 0 fully saturated rings. The molecule has 10 heteroatoms. The number of urea groups is 1. The number of rotatable bonds is 4. The van der Waals surface area contributed by atoms with Crippen molar-refractivity contribution < 1.29 is 24.0 Å². The molecule has 29 heavy (non-hydrogen) atoms. The number of nitrogens with one attached hydrogen (secondary N) is 3. The summed E-state index contributed by atoms with van der Waals surface area (Å²) in [6.07, 6.45) is 0. The van der Waals surface area contributed by atoms with Crippen molar-refractivity contribution in [2.75, 3.05) is 12.1 Å². The van der Waals surface area contributed by atoms with Gasteiger partial charge in [0.15, 0.2) is 11.5 Å². The summed E-state index contributed by atoms with van der Waals surface area (Å²) in [5, 5.41) is 18.9. The summed E-state index contributed by atoms with van der Waals surface area (Å²) in [5.41, 5.74) is 1.41. The lowest BCUT2D eigenvalue weighted by molar-refractivity contribution is -0.384. The van der Waals surface area contributed by atoms with Crippen LogP contribution in [0.3, 0.4) is 0 Å². The maximum absolute atomic E-state index is 13.0. The third kappa shape index (κ3) is 3.55. The van der Waals surface area contributed by atoms with Gasteiger partial charge in [0.2, 0.25) is 6.79 Å². The van der Waals surface area contributed by atoms with Crippen molar-refractivity contribution in [1.29, 1.82) is 0 Å². The maximum atomic E-state index is 13.0. The van der Waals surface area contributed by atoms with Gasteiger partial charge in [-0.15, -0.1) is 0 Å². The van der Waals surface area contributed by atoms with Gasteiger partial charge in [-0.1, -0.05) is 12.1 Å². The fourth-order valence-corrected chi connectivity index (χ4v) is 3.23. The highest BCUT2D eigenvalue weighted by Crippen LogP contribution is 2.37. The summed E-state index contributed by atoms with van der Waals surface area (Å²) in [5.74, 6) is 0.599. The highest BCUT2D eigenvalue weighted by atomic mass is 16.7. The van der Waals surface area contributed by atoms with Gasteiger partial charge in [-0.3, -0.25) is 14.9 Å². The number of nitro groups is 1. The number of fused-ring (bicyclic) bond motifs is 1. The summed E-state index contributed by atoms with van der Waals surface area (Å²) in [6, 6.07) is 9.57. The summed E-state index contributed by atoms with van der Waals surface area (Å²) >= 11 is 0. The molecule has 2 aromatic rings. The number of carbonyl (C=O) groups excluding carboxylic acids is 2. The zero-order chi connectivity index (χ0) is 20.5. The van der Waals surface area contributed by atoms with E-state index < -0.39 is 22.9 Å². The van der Waals surface area contributed by atoms with Crippen molar-refractivity contribution in [3.05, 3.63) is 69.4 Å². The molecule has 3 N–H and O–H groups in total. The smallest absolute Gasteiger partial charge is 0.319 e. The number of nitrogens with zero attached hydrogens (tertiary/aromatic N) is 1. The predicted molar refractivity (Wildman–Crippen MR) is 101 cm³/mol. The average molecular weight is 396 g/mol. The number of benzene rings is 2. The minimum absolute atomic E-state index is 0.104. The van der Waals surface area contributed by atoms with Crippen molar-refractivity contribution in [2.45, 2.75) is 13.0 Å². The number of non-ortho nitro benzene ring substituents is 1. The van der Waals surface area contributed by atoms with Gasteiger partial charge in [0.25, 0.3) is 11.6 Å². The summed E-state index contributed by atoms with van der Waals surface area (Å²) in [6.45, 7) is 1.72. The van der Waals surface area contributed by atoms with Crippen LogP contribution in [-0.2, 0) is 4.79 Å². The number of carbonyl (C=O) groups is 2. The Labute approximate surface area is 164 Å². The monoisotopic (exact) mass is 396 g/mol. The maximum Gasteiger partial charge on any atom is 0.319 e. The van der Waals surface area contributed by atoms with Gasteiger partial charge in [-0.2, -0.15) is 0 Å². The first-order valence-electron chi connectivity index (χ1n) is 8.66. The number of anilines is 1. The topological polar surface area (TPSA) is 132 Å². The summed E-state index contributed by atoms with van der Waals surface area (Å²) in [4.78, 5) is 35.4. The quantitative estimate of drug-likeness (QED) is 0.538. The molecule has 2 aromatic carbocycles. The Kier molecular flexibility index (Phi) is 4.51. The first-order chi connectivity index (χ1) is 13.9. The van der Waals surface area contributed by atoms with E-state index in [1.807, 2.05) is 0 Å². The molecule has 2 aliphatic rings. The molecule has 1 atom stereocenters. The highest BCUT2D eigenvalue weighted by molar-refractivity contribution is 6.06. The molecule has 10 nitrogen and oxygen atoms in total. The molecule has 148 valence electrons. The number of hydrogen-bond acceptors (Lipinski definition) is 6. The molecule has 0 saturated carbocycles. The van der Waals surface area contributed by atoms with E-state index in [1.54, 1.807) is 31.2 Å². The van der Waals surface area contributed by atoms with Crippen LogP contribution in [0.5, 0.6) is 11.5 Å². The Morgan fingerprint density at radius 3 is 2.79 bits per heavy atom. The van der Waals surface area contributed by atoms with E-state index in [4.69, 9.17) is 9.47 Å². The molecule has 4 rings (SSSR count). The highest BCUT2D eigenvalue weighted by Gasteiger charge is 2.32. The fourth-order valence-electron chi connectivity index (χ4n) is 3.23. The minimum Gasteiger partial charge on any atom is -0.454 e. The van der Waals surface area contributed by atoms with Crippen molar-refractivity contribution in [3.8, 4) is 11.5 Å². The molecule has 2 heterocycles. The lowest BCUT2D eigenvalue weighted by Crippen LogP contribution is -2.45. The Balaban J connectivity index is 1.66. The van der Waals surface area contributed by atoms with E-state index in [0.29, 0.717) is 22.8 Å². The lowest BCUT2D eigenvalue weighted by Gasteiger charge is -2.28. The first-order valence-corrected chi connectivity index (χ1v) is 8.66. The van der Waals surface area contributed by atoms with Crippen LogP contribution in [0.25, 0.3) is 0 Å². The van der Waals surface area contributed by atoms with E-state index in [1.165, 1.54) is 18.2 Å². The van der Waals surface area contributed by atoms with Crippen LogP contribution in [0.4, 0.5) is 16.2 Å². The standard InChI is InChI=1S/C19H16N4O6/c1-10-16(18(24)21-12-3-2-4-13(8-12)23(26)27)17(22-19(25)20-10)11-5-6-14-15(7-11)29-9-28-14/h2-8,17H,9H2,1H3,(H,21,24)(H2,20,22,25)/t17-/m0/s1. The van der Waals surface area contributed by atoms with Crippen LogP contribution in [0.1, 0.15) is 18.5 Å². The SMILES string of the molecule is CC1=C(C(=O)Nc2cccc([N+](=O)[O-])c2)[C@H](c2ccc3c(c2)OCO3)NC(=O)N1. The second-order valence-electron chi connectivity index (χ2n) is 6.44. The average Bonchev–Trinajstić information content (AvgIpc) is 3.15. The molecule has 0 aliphatic carbocycles. The van der Waals surface area contributed by atoms with E-state index in [2.05, 4.69) is 16.0 Å². The van der Waals surface area contributed by atoms with Gasteiger partial charge in [0.05, 0.1) is 16.5 Å². The molecule has 0 radical (unpaired) electrons. The Hall–Kier alpha value is -4.08. The van der Waals surface area contributed by atoms with Crippen LogP contribution in [0, 0.1) is 10.1 Å². The predicted octanol–water partition coefficient (Wildman–Crippen LogP) is 2.59. The van der Waals surface area contributed by atoms with E-state index in [9.17, 15) is 19.7 Å². The molecule has 0 bridgehead atoms. The van der Waals surface area contributed by atoms with E-state index in [-0.39, 0.29) is 23.7 Å². The number of allylic oxidation sites excluding steroid dienone is 1. The molecule has 0 spiro atoms. The normalized spacial score (nSPS) is 17.4. The van der Waals surface area contributed by atoms with Crippen molar-refractivity contribution in [2.24, 2.45) is 0 Å². The van der Waals surface area contributed by atoms with Crippen LogP contribution in [0.2, 0.25) is 0 Å². The molecule has 0 unspecified atom stereocenters. The summed E-state index contributed by atoms with van der Waals surface area (Å²) < 4.78 is 10.7. The van der Waals surface area contributed by atoms with Crippen LogP contribution >= 0.6 is 0 Å². The van der Waals surface area contributed by atoms with Crippen molar-refractivity contribution >= 4 is 23.3 Å². The second-order valence-corrected chi connectivity index (χ2v) is 6.44. The van der Waals surface area contributed by atoms with Crippen molar-refractivity contribution in [1.82, 2.24) is 10.6 Å². The lowest BCUT2D eigenvalue weighted by atomic mass is 9.94. The third-order valence-electron chi connectivity index (χ3n) is 4.56. The summed E-state index contributed by atoms with van der Waals surface area (Å²) in [7, 11) is 0. The third-order valence-corrected chi connectivity index (χ3v) is 4.56. The fraction of sp³-hybridized carbons (Fsp3) is 0.158. The largest absolute Gasteiger partial charge is 0.454 e. The second kappa shape index (κ2) is 7.15. The van der Waals surface area contributed by atoms with Gasteiger partial charge >= 0.3 is 6.03 Å². The number of ether oxygens (including phenoxy) is 2. The van der Waals surface area contributed by atoms with Gasteiger partial charge in [0, 0.05) is 23.5 Å². The van der Waals surface area contributed by atoms with Crippen LogP contribution in [0.15, 0.2) is 53.7 Å². The Bertz CT molecular complexity index is 1060. The molecular formula is C19H16N4O6. The minimum atomic E-state index is -0.739. The molecule has 0 saturated heterocycles. The van der Waals surface area contributed by atoms with Gasteiger partial charge < -0.3 is 25.4 Å². The molecule has 3 amide bonds. The molecular weight excluding hydrogens is 380 g/mol. The van der Waals surface area contributed by atoms with Gasteiger partial charge in [-0.05, 0) is 30.7 Å². The first kappa shape index (κ1) is 18.3. The Morgan fingerprint density at radius 1 is 1.21 bits per heavy atom. The number of nitro benzene ring substituents is 1. The molecule has 2 aliphatic heterocycles. The Morgan fingerprint density at radius 2 is 2.00 bits per heavy atom. The van der Waals surface area contributed by atoms with Gasteiger partial charge in [0.1, 0.15) is 0 Å². The number of hydrogen-bond donors (Lipinski definition) is 3. The van der Waals surface area contributed by atoms with Crippen LogP contribution in [-0.4, -0.2) is 23.7 Å². The number of amides is 3. The molecule has 0 aromatic heterocycles. The van der Waals surface area contributed by atoms with Crippen molar-refractivity contribution in [3.63, 3.8) is 0 Å². The van der Waals surface area contributed by atoms with Crippen LogP contribution < -0.4 is 25.4 Å². The zero-order valence-electron chi connectivity index (χ0n) is 15.2. The van der Waals surface area contributed by atoms with Gasteiger partial charge in [-0.25, -0.2) is 4.79 Å².